The van der Waals surface area contributed by atoms with E-state index in [4.69, 9.17) is 5.73 Å². The molecular weight excluding hydrogens is 357 g/mol. The largest absolute Gasteiger partial charge is 0.408 e. The molecule has 2 N–H and O–H groups in total. The molecule has 0 aliphatic carbocycles. The molecule has 0 radical (unpaired) electrons. The Kier molecular flexibility index (Phi) is 4.50. The van der Waals surface area contributed by atoms with Gasteiger partial charge in [0.2, 0.25) is 10.0 Å². The molecule has 2 heterocycles. The van der Waals surface area contributed by atoms with E-state index in [2.05, 4.69) is 5.10 Å². The number of nitrogens with zero attached hydrogens (tertiary/aromatic N) is 3. The number of nitrogens with two attached hydrogens (primary N) is 1. The van der Waals surface area contributed by atoms with Gasteiger partial charge in [-0.3, -0.25) is 8.99 Å². The number of hydrogen-bond donors (Lipinski definition) is 1. The molecule has 3 rings (SSSR count). The number of rotatable bonds is 4. The second kappa shape index (κ2) is 6.34. The van der Waals surface area contributed by atoms with Gasteiger partial charge < -0.3 is 5.73 Å². The van der Waals surface area contributed by atoms with Crippen LogP contribution >= 0.6 is 0 Å². The van der Waals surface area contributed by atoms with E-state index < -0.39 is 28.5 Å². The number of hydrogen-bond acceptors (Lipinski definition) is 4. The van der Waals surface area contributed by atoms with Crippen molar-refractivity contribution in [3.8, 4) is 0 Å². The van der Waals surface area contributed by atoms with Gasteiger partial charge in [-0.25, -0.2) is 8.42 Å². The minimum absolute atomic E-state index is 0.0663. The van der Waals surface area contributed by atoms with E-state index in [0.717, 1.165) is 11.8 Å². The van der Waals surface area contributed by atoms with Crippen molar-refractivity contribution >= 4 is 15.7 Å². The number of fused-ring (bicyclic) bond motifs is 1. The maximum absolute atomic E-state index is 12.7. The highest BCUT2D eigenvalue weighted by Crippen LogP contribution is 2.34. The second-order valence-electron chi connectivity index (χ2n) is 5.90. The first kappa shape index (κ1) is 17.7. The Labute approximate surface area is 143 Å². The SMILES string of the molecule is NC1CCN(S(=O)(=O)Cc2ccn(CC(F)(F)F)n2)c2ccccc21. The van der Waals surface area contributed by atoms with Crippen LogP contribution < -0.4 is 10.0 Å². The summed E-state index contributed by atoms with van der Waals surface area (Å²) >= 11 is 0. The van der Waals surface area contributed by atoms with Gasteiger partial charge in [-0.05, 0) is 24.1 Å². The highest BCUT2D eigenvalue weighted by molar-refractivity contribution is 7.92. The summed E-state index contributed by atoms with van der Waals surface area (Å²) in [7, 11) is -3.78. The van der Waals surface area contributed by atoms with Crippen molar-refractivity contribution in [3.05, 3.63) is 47.8 Å². The smallest absolute Gasteiger partial charge is 0.324 e. The fraction of sp³-hybridized carbons (Fsp3) is 0.400. The van der Waals surface area contributed by atoms with Crippen molar-refractivity contribution in [2.24, 2.45) is 5.73 Å². The van der Waals surface area contributed by atoms with E-state index in [1.165, 1.54) is 10.4 Å². The average Bonchev–Trinajstić information content (AvgIpc) is 2.91. The van der Waals surface area contributed by atoms with Gasteiger partial charge in [-0.15, -0.1) is 0 Å². The van der Waals surface area contributed by atoms with Gasteiger partial charge in [0.1, 0.15) is 12.3 Å². The molecule has 2 aromatic rings. The highest BCUT2D eigenvalue weighted by Gasteiger charge is 2.32. The van der Waals surface area contributed by atoms with Crippen molar-refractivity contribution in [2.45, 2.75) is 30.9 Å². The third-order valence-corrected chi connectivity index (χ3v) is 5.66. The summed E-state index contributed by atoms with van der Waals surface area (Å²) in [6, 6.07) is 8.00. The first-order valence-electron chi connectivity index (χ1n) is 7.60. The first-order chi connectivity index (χ1) is 11.7. The topological polar surface area (TPSA) is 81.2 Å². The summed E-state index contributed by atoms with van der Waals surface area (Å²) in [6.07, 6.45) is -2.82. The third kappa shape index (κ3) is 3.96. The fourth-order valence-corrected chi connectivity index (χ4v) is 4.40. The molecule has 1 aliphatic heterocycles. The zero-order valence-electron chi connectivity index (χ0n) is 13.1. The van der Waals surface area contributed by atoms with Gasteiger partial charge in [0.15, 0.2) is 0 Å². The predicted molar refractivity (Wildman–Crippen MR) is 86.2 cm³/mol. The van der Waals surface area contributed by atoms with Crippen molar-refractivity contribution in [1.82, 2.24) is 9.78 Å². The Morgan fingerprint density at radius 1 is 1.24 bits per heavy atom. The van der Waals surface area contributed by atoms with E-state index in [-0.39, 0.29) is 18.3 Å². The average molecular weight is 374 g/mol. The van der Waals surface area contributed by atoms with Crippen LogP contribution in [0.4, 0.5) is 18.9 Å². The number of sulfonamides is 1. The Hall–Kier alpha value is -2.07. The normalized spacial score (nSPS) is 18.2. The summed E-state index contributed by atoms with van der Waals surface area (Å²) in [5.41, 5.74) is 7.34. The van der Waals surface area contributed by atoms with E-state index >= 15 is 0 Å². The van der Waals surface area contributed by atoms with Gasteiger partial charge in [0.25, 0.3) is 0 Å². The van der Waals surface area contributed by atoms with Gasteiger partial charge in [-0.2, -0.15) is 18.3 Å². The first-order valence-corrected chi connectivity index (χ1v) is 9.21. The van der Waals surface area contributed by atoms with Crippen LogP contribution in [0.3, 0.4) is 0 Å². The monoisotopic (exact) mass is 374 g/mol. The molecule has 1 atom stereocenters. The van der Waals surface area contributed by atoms with Crippen molar-refractivity contribution in [1.29, 1.82) is 0 Å². The predicted octanol–water partition coefficient (Wildman–Crippen LogP) is 2.19. The van der Waals surface area contributed by atoms with Crippen LogP contribution in [0, 0.1) is 0 Å². The van der Waals surface area contributed by atoms with E-state index in [0.29, 0.717) is 16.8 Å². The van der Waals surface area contributed by atoms with Gasteiger partial charge >= 0.3 is 6.18 Å². The van der Waals surface area contributed by atoms with Gasteiger partial charge in [-0.1, -0.05) is 18.2 Å². The third-order valence-electron chi connectivity index (χ3n) is 3.95. The molecule has 0 saturated heterocycles. The fourth-order valence-electron chi connectivity index (χ4n) is 2.87. The maximum Gasteiger partial charge on any atom is 0.408 e. The van der Waals surface area contributed by atoms with Crippen LogP contribution in [0.25, 0.3) is 0 Å². The van der Waals surface area contributed by atoms with E-state index in [1.807, 2.05) is 0 Å². The van der Waals surface area contributed by atoms with Crippen LogP contribution in [0.1, 0.15) is 23.7 Å². The van der Waals surface area contributed by atoms with Crippen molar-refractivity contribution < 1.29 is 21.6 Å². The number of halogens is 3. The van der Waals surface area contributed by atoms with Gasteiger partial charge in [0, 0.05) is 18.8 Å². The Morgan fingerprint density at radius 3 is 2.68 bits per heavy atom. The van der Waals surface area contributed by atoms with E-state index in [9.17, 15) is 21.6 Å². The number of aromatic nitrogens is 2. The standard InChI is InChI=1S/C15H17F3N4O2S/c16-15(17,18)10-21-7-5-11(20-21)9-25(23,24)22-8-6-13(19)12-3-1-2-4-14(12)22/h1-5,7,13H,6,8-10,19H2. The second-order valence-corrected chi connectivity index (χ2v) is 7.80. The van der Waals surface area contributed by atoms with Crippen molar-refractivity contribution in [2.75, 3.05) is 10.8 Å². The summed E-state index contributed by atoms with van der Waals surface area (Å²) in [5, 5.41) is 3.71. The Balaban J connectivity index is 1.83. The number of anilines is 1. The molecule has 25 heavy (non-hydrogen) atoms. The number of para-hydroxylation sites is 1. The van der Waals surface area contributed by atoms with E-state index in [1.54, 1.807) is 24.3 Å². The van der Waals surface area contributed by atoms with Crippen LogP contribution in [-0.2, 0) is 22.3 Å². The molecule has 0 saturated carbocycles. The minimum atomic E-state index is -4.41. The van der Waals surface area contributed by atoms with Crippen LogP contribution in [-0.4, -0.2) is 30.9 Å². The Bertz CT molecular complexity index is 864. The molecule has 136 valence electrons. The van der Waals surface area contributed by atoms with Crippen LogP contribution in [0.2, 0.25) is 0 Å². The lowest BCUT2D eigenvalue weighted by atomic mass is 9.99. The summed E-state index contributed by atoms with van der Waals surface area (Å²) in [4.78, 5) is 0. The highest BCUT2D eigenvalue weighted by atomic mass is 32.2. The lowest BCUT2D eigenvalue weighted by Crippen LogP contribution is -2.39. The molecule has 0 bridgehead atoms. The minimum Gasteiger partial charge on any atom is -0.324 e. The van der Waals surface area contributed by atoms with Gasteiger partial charge in [0.05, 0.1) is 11.4 Å². The summed E-state index contributed by atoms with van der Waals surface area (Å²) in [6.45, 7) is -1.03. The zero-order valence-corrected chi connectivity index (χ0v) is 14.0. The molecule has 1 aliphatic rings. The molecule has 10 heteroatoms. The lowest BCUT2D eigenvalue weighted by molar-refractivity contribution is -0.142. The quantitative estimate of drug-likeness (QED) is 0.890. The summed E-state index contributed by atoms with van der Waals surface area (Å²) in [5.74, 6) is -0.471. The lowest BCUT2D eigenvalue weighted by Gasteiger charge is -2.33. The molecule has 1 unspecified atom stereocenters. The van der Waals surface area contributed by atoms with Crippen LogP contribution in [0.5, 0.6) is 0 Å². The molecule has 0 amide bonds. The zero-order chi connectivity index (χ0) is 18.2. The molecule has 1 aromatic carbocycles. The Morgan fingerprint density at radius 2 is 1.96 bits per heavy atom. The van der Waals surface area contributed by atoms with Crippen molar-refractivity contribution in [3.63, 3.8) is 0 Å². The molecule has 0 spiro atoms. The number of benzene rings is 1. The molecule has 6 nitrogen and oxygen atoms in total. The summed E-state index contributed by atoms with van der Waals surface area (Å²) < 4.78 is 64.6. The molecule has 0 fully saturated rings. The number of alkyl halides is 3. The molecule has 1 aromatic heterocycles. The van der Waals surface area contributed by atoms with Crippen LogP contribution in [0.15, 0.2) is 36.5 Å². The maximum atomic E-state index is 12.7. The molecular formula is C15H17F3N4O2S.